The molecule has 9 heteroatoms. The van der Waals surface area contributed by atoms with Gasteiger partial charge in [-0.05, 0) is 0 Å². The van der Waals surface area contributed by atoms with Crippen LogP contribution in [0, 0.1) is 13.8 Å². The van der Waals surface area contributed by atoms with Gasteiger partial charge < -0.3 is 18.7 Å². The minimum absolute atomic E-state index is 0.00263. The molecule has 21 heavy (non-hydrogen) atoms. The number of carbonyl (C=O) groups excluding carboxylic acids is 1. The average Bonchev–Trinajstić information content (AvgIpc) is 3.08. The third kappa shape index (κ3) is 3.01. The molecule has 0 N–H and O–H groups in total. The summed E-state index contributed by atoms with van der Waals surface area (Å²) in [6.45, 7) is 6.00. The summed E-state index contributed by atoms with van der Waals surface area (Å²) in [5.41, 5.74) is 0. The van der Waals surface area contributed by atoms with Gasteiger partial charge in [0.15, 0.2) is 5.82 Å². The Labute approximate surface area is 120 Å². The molecule has 1 amide bonds. The van der Waals surface area contributed by atoms with E-state index in [0.717, 1.165) is 0 Å². The molecule has 2 aromatic rings. The minimum atomic E-state index is -0.00263. The largest absolute Gasteiger partial charge is 0.408 e. The molecule has 0 saturated carbocycles. The lowest BCUT2D eigenvalue weighted by molar-refractivity contribution is -0.130. The standard InChI is InChI=1S/C12H16N6O3/c1-8-13-10(16-21-8)7-11(19)17-3-5-18(6-4-17)12-15-14-9(2)20-12/h3-7H2,1-2H3. The van der Waals surface area contributed by atoms with E-state index in [-0.39, 0.29) is 12.3 Å². The average molecular weight is 292 g/mol. The summed E-state index contributed by atoms with van der Waals surface area (Å²) in [6.07, 6.45) is 0.164. The summed E-state index contributed by atoms with van der Waals surface area (Å²) in [5.74, 6) is 1.43. The molecule has 112 valence electrons. The number of piperazine rings is 1. The van der Waals surface area contributed by atoms with E-state index in [9.17, 15) is 4.79 Å². The number of anilines is 1. The first-order valence-corrected chi connectivity index (χ1v) is 6.74. The molecule has 3 heterocycles. The highest BCUT2D eigenvalue weighted by molar-refractivity contribution is 5.78. The predicted molar refractivity (Wildman–Crippen MR) is 70.6 cm³/mol. The third-order valence-electron chi connectivity index (χ3n) is 3.30. The Morgan fingerprint density at radius 3 is 2.48 bits per heavy atom. The molecule has 0 bridgehead atoms. The quantitative estimate of drug-likeness (QED) is 0.776. The van der Waals surface area contributed by atoms with Crippen molar-refractivity contribution in [1.82, 2.24) is 25.2 Å². The van der Waals surface area contributed by atoms with Gasteiger partial charge >= 0.3 is 6.01 Å². The molecule has 1 fully saturated rings. The maximum Gasteiger partial charge on any atom is 0.318 e. The molecular formula is C12H16N6O3. The molecule has 1 aliphatic rings. The lowest BCUT2D eigenvalue weighted by atomic mass is 10.3. The summed E-state index contributed by atoms with van der Waals surface area (Å²) in [7, 11) is 0. The second-order valence-corrected chi connectivity index (χ2v) is 4.88. The summed E-state index contributed by atoms with van der Waals surface area (Å²) in [6, 6.07) is 0.508. The van der Waals surface area contributed by atoms with Crippen molar-refractivity contribution in [1.29, 1.82) is 0 Å². The van der Waals surface area contributed by atoms with Crippen molar-refractivity contribution in [3.63, 3.8) is 0 Å². The lowest BCUT2D eigenvalue weighted by Crippen LogP contribution is -2.49. The van der Waals surface area contributed by atoms with Crippen LogP contribution in [-0.4, -0.2) is 57.3 Å². The summed E-state index contributed by atoms with van der Waals surface area (Å²) >= 11 is 0. The highest BCUT2D eigenvalue weighted by atomic mass is 16.5. The van der Waals surface area contributed by atoms with E-state index in [1.165, 1.54) is 0 Å². The molecule has 0 aromatic carbocycles. The van der Waals surface area contributed by atoms with Crippen LogP contribution in [0.1, 0.15) is 17.6 Å². The van der Waals surface area contributed by atoms with E-state index in [4.69, 9.17) is 8.94 Å². The van der Waals surface area contributed by atoms with Gasteiger partial charge in [0.05, 0.1) is 6.42 Å². The van der Waals surface area contributed by atoms with Crippen LogP contribution in [0.5, 0.6) is 0 Å². The molecule has 9 nitrogen and oxygen atoms in total. The zero-order valence-electron chi connectivity index (χ0n) is 11.9. The van der Waals surface area contributed by atoms with E-state index in [1.807, 2.05) is 4.90 Å². The zero-order chi connectivity index (χ0) is 14.8. The molecule has 0 unspecified atom stereocenters. The van der Waals surface area contributed by atoms with Crippen molar-refractivity contribution in [3.8, 4) is 0 Å². The Balaban J connectivity index is 1.54. The van der Waals surface area contributed by atoms with Gasteiger partial charge in [-0.3, -0.25) is 4.79 Å². The molecular weight excluding hydrogens is 276 g/mol. The molecule has 1 saturated heterocycles. The van der Waals surface area contributed by atoms with Crippen molar-refractivity contribution in [3.05, 3.63) is 17.6 Å². The number of rotatable bonds is 3. The number of aryl methyl sites for hydroxylation is 2. The summed E-state index contributed by atoms with van der Waals surface area (Å²) in [4.78, 5) is 20.0. The molecule has 0 radical (unpaired) electrons. The number of hydrogen-bond donors (Lipinski definition) is 0. The summed E-state index contributed by atoms with van der Waals surface area (Å²) in [5, 5.41) is 11.5. The fourth-order valence-corrected chi connectivity index (χ4v) is 2.22. The lowest BCUT2D eigenvalue weighted by Gasteiger charge is -2.33. The van der Waals surface area contributed by atoms with Gasteiger partial charge in [0.1, 0.15) is 0 Å². The number of hydrogen-bond acceptors (Lipinski definition) is 8. The zero-order valence-corrected chi connectivity index (χ0v) is 11.9. The van der Waals surface area contributed by atoms with Gasteiger partial charge in [-0.1, -0.05) is 10.3 Å². The van der Waals surface area contributed by atoms with E-state index >= 15 is 0 Å². The Morgan fingerprint density at radius 2 is 1.90 bits per heavy atom. The molecule has 0 spiro atoms. The van der Waals surface area contributed by atoms with Crippen LogP contribution < -0.4 is 4.90 Å². The molecule has 1 aliphatic heterocycles. The van der Waals surface area contributed by atoms with Crippen molar-refractivity contribution >= 4 is 11.9 Å². The smallest absolute Gasteiger partial charge is 0.318 e. The Bertz CT molecular complexity index is 628. The normalized spacial score (nSPS) is 15.5. The maximum atomic E-state index is 12.2. The number of aromatic nitrogens is 4. The van der Waals surface area contributed by atoms with Crippen molar-refractivity contribution in [2.75, 3.05) is 31.1 Å². The first-order chi connectivity index (χ1) is 10.1. The van der Waals surface area contributed by atoms with Crippen molar-refractivity contribution < 1.29 is 13.7 Å². The van der Waals surface area contributed by atoms with Gasteiger partial charge in [0.2, 0.25) is 17.7 Å². The topological polar surface area (TPSA) is 101 Å². The molecule has 3 rings (SSSR count). The molecule has 2 aromatic heterocycles. The fraction of sp³-hybridized carbons (Fsp3) is 0.583. The Kier molecular flexibility index (Phi) is 3.55. The fourth-order valence-electron chi connectivity index (χ4n) is 2.22. The second kappa shape index (κ2) is 5.51. The van der Waals surface area contributed by atoms with Gasteiger partial charge in [0.25, 0.3) is 0 Å². The minimum Gasteiger partial charge on any atom is -0.408 e. The van der Waals surface area contributed by atoms with Gasteiger partial charge in [-0.15, -0.1) is 5.10 Å². The predicted octanol–water partition coefficient (Wildman–Crippen LogP) is -0.0393. The third-order valence-corrected chi connectivity index (χ3v) is 3.30. The van der Waals surface area contributed by atoms with Crippen LogP contribution in [0.25, 0.3) is 0 Å². The van der Waals surface area contributed by atoms with Crippen LogP contribution in [0.3, 0.4) is 0 Å². The van der Waals surface area contributed by atoms with Crippen LogP contribution in [0.4, 0.5) is 6.01 Å². The van der Waals surface area contributed by atoms with Crippen LogP contribution in [0.15, 0.2) is 8.94 Å². The van der Waals surface area contributed by atoms with Gasteiger partial charge in [-0.2, -0.15) is 4.98 Å². The van der Waals surface area contributed by atoms with E-state index in [1.54, 1.807) is 18.7 Å². The highest BCUT2D eigenvalue weighted by Crippen LogP contribution is 2.14. The SMILES string of the molecule is Cc1nc(CC(=O)N2CCN(c3nnc(C)o3)CC2)no1. The van der Waals surface area contributed by atoms with E-state index < -0.39 is 0 Å². The summed E-state index contributed by atoms with van der Waals surface area (Å²) < 4.78 is 10.2. The number of amides is 1. The highest BCUT2D eigenvalue weighted by Gasteiger charge is 2.24. The van der Waals surface area contributed by atoms with Crippen LogP contribution in [-0.2, 0) is 11.2 Å². The molecule has 0 atom stereocenters. The van der Waals surface area contributed by atoms with Crippen LogP contribution >= 0.6 is 0 Å². The van der Waals surface area contributed by atoms with E-state index in [0.29, 0.717) is 49.8 Å². The van der Waals surface area contributed by atoms with Crippen LogP contribution in [0.2, 0.25) is 0 Å². The first kappa shape index (κ1) is 13.5. The van der Waals surface area contributed by atoms with Crippen molar-refractivity contribution in [2.45, 2.75) is 20.3 Å². The number of carbonyl (C=O) groups is 1. The monoisotopic (exact) mass is 292 g/mol. The van der Waals surface area contributed by atoms with Gasteiger partial charge in [0, 0.05) is 40.0 Å². The maximum absolute atomic E-state index is 12.2. The van der Waals surface area contributed by atoms with Gasteiger partial charge in [-0.25, -0.2) is 0 Å². The Morgan fingerprint density at radius 1 is 1.14 bits per heavy atom. The Hall–Kier alpha value is -2.45. The van der Waals surface area contributed by atoms with E-state index in [2.05, 4.69) is 20.3 Å². The van der Waals surface area contributed by atoms with Crippen molar-refractivity contribution in [2.24, 2.45) is 0 Å². The molecule has 0 aliphatic carbocycles. The first-order valence-electron chi connectivity index (χ1n) is 6.74. The second-order valence-electron chi connectivity index (χ2n) is 4.88. The number of nitrogens with zero attached hydrogens (tertiary/aromatic N) is 6.